The first-order chi connectivity index (χ1) is 11.7. The Bertz CT molecular complexity index is 386. The average molecular weight is 370 g/mol. The van der Waals surface area contributed by atoms with E-state index in [4.69, 9.17) is 26.4 Å². The Hall–Kier alpha value is -0.963. The number of rotatable bonds is 14. The second kappa shape index (κ2) is 13.3. The van der Waals surface area contributed by atoms with Crippen LogP contribution in [0.25, 0.3) is 9.69 Å². The Kier molecular flexibility index (Phi) is 12.8. The topological polar surface area (TPSA) is 39.7 Å². The molecular formula is C18H35N3O3Si. The largest absolute Gasteiger partial charge is 0.501 e. The zero-order chi connectivity index (χ0) is 19.3. The molecule has 0 aromatic carbocycles. The fourth-order valence-corrected chi connectivity index (χ4v) is 5.84. The molecule has 6 nitrogen and oxygen atoms in total. The monoisotopic (exact) mass is 369 g/mol. The highest BCUT2D eigenvalue weighted by Gasteiger charge is 2.43. The maximum atomic E-state index is 6.96. The fourth-order valence-electron chi connectivity index (χ4n) is 2.57. The summed E-state index contributed by atoms with van der Waals surface area (Å²) in [5, 5.41) is 0. The van der Waals surface area contributed by atoms with Crippen LogP contribution in [0.1, 0.15) is 48.0 Å². The molecule has 0 saturated heterocycles. The van der Waals surface area contributed by atoms with Crippen LogP contribution in [0.2, 0.25) is 6.04 Å². The van der Waals surface area contributed by atoms with Crippen molar-refractivity contribution in [1.82, 2.24) is 4.90 Å². The van der Waals surface area contributed by atoms with Gasteiger partial charge < -0.3 is 23.0 Å². The molecule has 0 bridgehead atoms. The van der Waals surface area contributed by atoms with Crippen LogP contribution in [0.3, 0.4) is 0 Å². The summed E-state index contributed by atoms with van der Waals surface area (Å²) >= 11 is 0. The first kappa shape index (κ1) is 24.0. The molecule has 0 amide bonds. The van der Waals surface area contributed by atoms with Gasteiger partial charge in [-0.05, 0) is 54.5 Å². The Morgan fingerprint density at radius 3 is 1.48 bits per heavy atom. The van der Waals surface area contributed by atoms with E-state index >= 15 is 0 Å². The summed E-state index contributed by atoms with van der Waals surface area (Å²) in [7, 11) is -2.76. The van der Waals surface area contributed by atoms with Crippen LogP contribution in [-0.2, 0) is 13.3 Å². The first-order valence-electron chi connectivity index (χ1n) is 9.17. The van der Waals surface area contributed by atoms with Crippen LogP contribution in [0.5, 0.6) is 0 Å². The molecule has 0 aromatic heterocycles. The zero-order valence-electron chi connectivity index (χ0n) is 16.7. The summed E-state index contributed by atoms with van der Waals surface area (Å²) in [4.78, 5) is 9.02. The normalized spacial score (nSPS) is 12.2. The predicted octanol–water partition coefficient (Wildman–Crippen LogP) is 3.73. The van der Waals surface area contributed by atoms with E-state index in [1.807, 2.05) is 41.5 Å². The van der Waals surface area contributed by atoms with Gasteiger partial charge in [-0.15, -0.1) is 0 Å². The van der Waals surface area contributed by atoms with Crippen molar-refractivity contribution in [2.45, 2.75) is 72.3 Å². The number of hydrogen-bond acceptors (Lipinski definition) is 4. The van der Waals surface area contributed by atoms with Crippen LogP contribution in [0, 0.1) is 13.1 Å². The van der Waals surface area contributed by atoms with Gasteiger partial charge in [0.2, 0.25) is 13.1 Å². The van der Waals surface area contributed by atoms with Gasteiger partial charge in [0.15, 0.2) is 0 Å². The third-order valence-corrected chi connectivity index (χ3v) is 6.72. The Labute approximate surface area is 155 Å². The molecule has 0 spiro atoms. The lowest BCUT2D eigenvalue weighted by atomic mass is 10.4. The number of nitrogens with zero attached hydrogens (tertiary/aromatic N) is 3. The summed E-state index contributed by atoms with van der Waals surface area (Å²) in [5.74, 6) is 0. The van der Waals surface area contributed by atoms with Crippen molar-refractivity contribution in [3.8, 4) is 0 Å². The Balaban J connectivity index is 4.90. The van der Waals surface area contributed by atoms with E-state index in [0.717, 1.165) is 19.0 Å². The minimum atomic E-state index is -2.76. The molecule has 7 heteroatoms. The van der Waals surface area contributed by atoms with Crippen molar-refractivity contribution < 1.29 is 13.3 Å². The van der Waals surface area contributed by atoms with E-state index < -0.39 is 8.80 Å². The second-order valence-electron chi connectivity index (χ2n) is 6.89. The smallest absolute Gasteiger partial charge is 0.371 e. The van der Waals surface area contributed by atoms with Gasteiger partial charge in [-0.1, -0.05) is 0 Å². The third kappa shape index (κ3) is 12.1. The maximum absolute atomic E-state index is 6.96. The molecule has 0 fully saturated rings. The highest BCUT2D eigenvalue weighted by Crippen LogP contribution is 2.24. The maximum Gasteiger partial charge on any atom is 0.501 e. The highest BCUT2D eigenvalue weighted by atomic mass is 28.4. The van der Waals surface area contributed by atoms with Crippen molar-refractivity contribution in [1.29, 1.82) is 0 Å². The Morgan fingerprint density at radius 2 is 1.16 bits per heavy atom. The molecule has 144 valence electrons. The lowest BCUT2D eigenvalue weighted by molar-refractivity contribution is 0.00248. The van der Waals surface area contributed by atoms with Gasteiger partial charge in [0, 0.05) is 24.4 Å². The van der Waals surface area contributed by atoms with Crippen LogP contribution in [-0.4, -0.2) is 64.7 Å². The lowest BCUT2D eigenvalue weighted by Crippen LogP contribution is -2.51. The second-order valence-corrected chi connectivity index (χ2v) is 9.46. The van der Waals surface area contributed by atoms with E-state index in [1.165, 1.54) is 0 Å². The molecule has 0 rings (SSSR count). The van der Waals surface area contributed by atoms with Gasteiger partial charge in [0.1, 0.15) is 0 Å². The molecule has 0 saturated carbocycles. The molecule has 0 aromatic rings. The molecule has 0 N–H and O–H groups in total. The van der Waals surface area contributed by atoms with E-state index in [0.29, 0.717) is 26.2 Å². The number of hydrogen-bond donors (Lipinski definition) is 0. The highest BCUT2D eigenvalue weighted by molar-refractivity contribution is 6.60. The molecule has 0 aliphatic rings. The molecule has 25 heavy (non-hydrogen) atoms. The van der Waals surface area contributed by atoms with E-state index in [-0.39, 0.29) is 18.3 Å². The predicted molar refractivity (Wildman–Crippen MR) is 103 cm³/mol. The molecule has 0 unspecified atom stereocenters. The van der Waals surface area contributed by atoms with Crippen molar-refractivity contribution in [2.75, 3.05) is 32.7 Å². The summed E-state index contributed by atoms with van der Waals surface area (Å²) in [5.41, 5.74) is 0. The minimum Gasteiger partial charge on any atom is -0.371 e. The fraction of sp³-hybridized carbons (Fsp3) is 0.889. The first-order valence-corrected chi connectivity index (χ1v) is 11.1. The standard InChI is InChI=1S/C18H35N3O3Si/c1-16(2)22-25(23-17(3)4,24-18(5)6)15-9-12-21(13-10-19-7)14-11-20-8/h16-18H,9-15H2,1-6H3. The third-order valence-electron chi connectivity index (χ3n) is 3.26. The zero-order valence-corrected chi connectivity index (χ0v) is 17.7. The molecule has 0 aliphatic carbocycles. The van der Waals surface area contributed by atoms with E-state index in [9.17, 15) is 0 Å². The van der Waals surface area contributed by atoms with Crippen molar-refractivity contribution in [2.24, 2.45) is 0 Å². The van der Waals surface area contributed by atoms with Crippen LogP contribution < -0.4 is 0 Å². The summed E-state index contributed by atoms with van der Waals surface area (Å²) in [6, 6.07) is 0.744. The lowest BCUT2D eigenvalue weighted by Gasteiger charge is -2.35. The molecule has 0 atom stereocenters. The van der Waals surface area contributed by atoms with E-state index in [2.05, 4.69) is 14.6 Å². The van der Waals surface area contributed by atoms with Crippen molar-refractivity contribution in [3.63, 3.8) is 0 Å². The van der Waals surface area contributed by atoms with Gasteiger partial charge in [-0.25, -0.2) is 13.1 Å². The van der Waals surface area contributed by atoms with Crippen LogP contribution >= 0.6 is 0 Å². The minimum absolute atomic E-state index is 0.0458. The molecule has 0 heterocycles. The van der Waals surface area contributed by atoms with E-state index in [1.54, 1.807) is 0 Å². The van der Waals surface area contributed by atoms with Gasteiger partial charge in [0.25, 0.3) is 0 Å². The Morgan fingerprint density at radius 1 is 0.760 bits per heavy atom. The van der Waals surface area contributed by atoms with Crippen molar-refractivity contribution in [3.05, 3.63) is 22.8 Å². The van der Waals surface area contributed by atoms with Crippen LogP contribution in [0.15, 0.2) is 0 Å². The summed E-state index contributed by atoms with van der Waals surface area (Å²) in [6.07, 6.45) is 1.01. The van der Waals surface area contributed by atoms with Crippen molar-refractivity contribution >= 4 is 8.80 Å². The SMILES string of the molecule is [C-]#[N+]CCN(CCC[Si](OC(C)C)(OC(C)C)OC(C)C)CC[N+]#[C-]. The quantitative estimate of drug-likeness (QED) is 0.345. The summed E-state index contributed by atoms with van der Waals surface area (Å²) in [6.45, 7) is 29.1. The molecular weight excluding hydrogens is 334 g/mol. The van der Waals surface area contributed by atoms with Crippen LogP contribution in [0.4, 0.5) is 0 Å². The summed E-state index contributed by atoms with van der Waals surface area (Å²) < 4.78 is 18.5. The molecule has 0 aliphatic heterocycles. The van der Waals surface area contributed by atoms with Gasteiger partial charge in [0.05, 0.1) is 13.1 Å². The molecule has 0 radical (unpaired) electrons. The average Bonchev–Trinajstić information content (AvgIpc) is 2.47. The van der Waals surface area contributed by atoms with Gasteiger partial charge in [-0.3, -0.25) is 4.90 Å². The van der Waals surface area contributed by atoms with Gasteiger partial charge >= 0.3 is 8.80 Å². The van der Waals surface area contributed by atoms with Gasteiger partial charge in [-0.2, -0.15) is 0 Å².